The summed E-state index contributed by atoms with van der Waals surface area (Å²) in [5.41, 5.74) is 0.487. The average molecular weight is 507 g/mol. The number of alkyl halides is 3. The highest BCUT2D eigenvalue weighted by Crippen LogP contribution is 2.46. The number of carbonyl (C=O) groups excluding carboxylic acids is 3. The van der Waals surface area contributed by atoms with E-state index in [0.29, 0.717) is 6.54 Å². The minimum Gasteiger partial charge on any atom is -0.292 e. The maximum absolute atomic E-state index is 14.3. The van der Waals surface area contributed by atoms with Crippen molar-refractivity contribution in [3.63, 3.8) is 0 Å². The molecule has 1 spiro atoms. The van der Waals surface area contributed by atoms with Crippen LogP contribution in [0.1, 0.15) is 22.6 Å². The molecule has 6 nitrogen and oxygen atoms in total. The molecule has 3 heterocycles. The summed E-state index contributed by atoms with van der Waals surface area (Å²) < 4.78 is 39.7. The molecule has 188 valence electrons. The van der Waals surface area contributed by atoms with Crippen LogP contribution in [0.2, 0.25) is 0 Å². The molecular weight excluding hydrogens is 483 g/mol. The van der Waals surface area contributed by atoms with Crippen molar-refractivity contribution in [1.82, 2.24) is 4.90 Å². The lowest BCUT2D eigenvalue weighted by atomic mass is 9.83. The van der Waals surface area contributed by atoms with Crippen LogP contribution in [0.15, 0.2) is 84.9 Å². The highest BCUT2D eigenvalue weighted by molar-refractivity contribution is 6.19. The van der Waals surface area contributed by atoms with Gasteiger partial charge in [0.2, 0.25) is 5.78 Å². The quantitative estimate of drug-likeness (QED) is 0.380. The third kappa shape index (κ3) is 3.53. The third-order valence-corrected chi connectivity index (χ3v) is 7.77. The lowest BCUT2D eigenvalue weighted by molar-refractivity contribution is -0.853. The molecule has 3 aliphatic heterocycles. The van der Waals surface area contributed by atoms with Crippen LogP contribution in [-0.4, -0.2) is 58.9 Å². The largest absolute Gasteiger partial charge is 0.433 e. The number of anilines is 1. The maximum atomic E-state index is 14.3. The predicted octanol–water partition coefficient (Wildman–Crippen LogP) is 4.41. The van der Waals surface area contributed by atoms with Crippen LogP contribution >= 0.6 is 0 Å². The van der Waals surface area contributed by atoms with E-state index in [1.54, 1.807) is 0 Å². The number of Topliss-reactive ketones (excluding diaryl/α,β-unsaturated/α-hetero) is 1. The minimum absolute atomic E-state index is 0.126. The second kappa shape index (κ2) is 8.36. The van der Waals surface area contributed by atoms with Crippen molar-refractivity contribution in [2.24, 2.45) is 0 Å². The Balaban J connectivity index is 1.41. The van der Waals surface area contributed by atoms with Gasteiger partial charge in [0, 0.05) is 0 Å². The van der Waals surface area contributed by atoms with Gasteiger partial charge in [-0.1, -0.05) is 66.7 Å². The summed E-state index contributed by atoms with van der Waals surface area (Å²) in [5, 5.41) is 0. The topological polar surface area (TPSA) is 57.7 Å². The van der Waals surface area contributed by atoms with Gasteiger partial charge in [-0.2, -0.15) is 18.1 Å². The molecule has 3 aromatic carbocycles. The standard InChI is InChI=1S/C28H23F3N3O3/c29-28(30,31)20-12-7-13-21(14-20)33-26(36)23-16-32-15-22(34(23,17-32)27(33)37)25(35)24(18-8-3-1-4-9-18)19-10-5-2-6-11-19/h1-14,22-24H,15-17H2/q+1. The Kier molecular flexibility index (Phi) is 5.32. The number of rotatable bonds is 5. The van der Waals surface area contributed by atoms with Crippen molar-refractivity contribution in [1.29, 1.82) is 0 Å². The zero-order chi connectivity index (χ0) is 25.9. The van der Waals surface area contributed by atoms with Crippen LogP contribution in [0.3, 0.4) is 0 Å². The monoisotopic (exact) mass is 506 g/mol. The van der Waals surface area contributed by atoms with Crippen molar-refractivity contribution in [3.8, 4) is 0 Å². The molecule has 3 amide bonds. The zero-order valence-corrected chi connectivity index (χ0v) is 19.6. The molecule has 3 aromatic rings. The van der Waals surface area contributed by atoms with E-state index in [1.165, 1.54) is 12.1 Å². The number of nitrogens with zero attached hydrogens (tertiary/aromatic N) is 3. The van der Waals surface area contributed by atoms with Crippen LogP contribution in [0, 0.1) is 0 Å². The molecule has 0 aromatic heterocycles. The van der Waals surface area contributed by atoms with E-state index >= 15 is 0 Å². The summed E-state index contributed by atoms with van der Waals surface area (Å²) in [7, 11) is 0. The fourth-order valence-corrected chi connectivity index (χ4v) is 6.13. The Morgan fingerprint density at radius 1 is 0.865 bits per heavy atom. The number of fused-ring (bicyclic) bond motifs is 1. The highest BCUT2D eigenvalue weighted by Gasteiger charge is 2.73. The van der Waals surface area contributed by atoms with Crippen LogP contribution in [-0.2, 0) is 15.8 Å². The minimum atomic E-state index is -4.62. The molecule has 0 radical (unpaired) electrons. The number of halogens is 3. The number of quaternary nitrogens is 1. The van der Waals surface area contributed by atoms with E-state index < -0.39 is 46.2 Å². The van der Waals surface area contributed by atoms with Crippen LogP contribution in [0.4, 0.5) is 23.7 Å². The van der Waals surface area contributed by atoms with Crippen LogP contribution < -0.4 is 4.90 Å². The Labute approximate surface area is 211 Å². The Morgan fingerprint density at radius 2 is 1.49 bits per heavy atom. The summed E-state index contributed by atoms with van der Waals surface area (Å²) in [5.74, 6) is -1.40. The molecule has 0 N–H and O–H groups in total. The number of imide groups is 1. The maximum Gasteiger partial charge on any atom is 0.433 e. The number of hydrogen-bond donors (Lipinski definition) is 0. The van der Waals surface area contributed by atoms with E-state index in [9.17, 15) is 27.6 Å². The molecule has 4 unspecified atom stereocenters. The molecule has 4 atom stereocenters. The average Bonchev–Trinajstić information content (AvgIpc) is 3.53. The number of urea groups is 1. The summed E-state index contributed by atoms with van der Waals surface area (Å²) in [6.07, 6.45) is -4.62. The molecule has 9 heteroatoms. The molecular formula is C28H23F3N3O3+. The summed E-state index contributed by atoms with van der Waals surface area (Å²) >= 11 is 0. The number of hydrogen-bond acceptors (Lipinski definition) is 4. The smallest absolute Gasteiger partial charge is 0.292 e. The Bertz CT molecular complexity index is 1360. The van der Waals surface area contributed by atoms with E-state index in [-0.39, 0.29) is 24.7 Å². The first kappa shape index (κ1) is 23.6. The first-order chi connectivity index (χ1) is 17.7. The fourth-order valence-electron chi connectivity index (χ4n) is 6.13. The van der Waals surface area contributed by atoms with Gasteiger partial charge < -0.3 is 0 Å². The van der Waals surface area contributed by atoms with Gasteiger partial charge in [0.1, 0.15) is 6.67 Å². The molecule has 37 heavy (non-hydrogen) atoms. The molecule has 0 aliphatic carbocycles. The van der Waals surface area contributed by atoms with Crippen molar-refractivity contribution in [2.75, 3.05) is 24.7 Å². The number of piperazine rings is 1. The summed E-state index contributed by atoms with van der Waals surface area (Å²) in [4.78, 5) is 44.5. The van der Waals surface area contributed by atoms with Gasteiger partial charge in [-0.3, -0.25) is 9.59 Å². The lowest BCUT2D eigenvalue weighted by Gasteiger charge is -2.34. The van der Waals surface area contributed by atoms with Crippen LogP contribution in [0.25, 0.3) is 0 Å². The third-order valence-electron chi connectivity index (χ3n) is 7.77. The van der Waals surface area contributed by atoms with Gasteiger partial charge in [0.05, 0.1) is 30.3 Å². The summed E-state index contributed by atoms with van der Waals surface area (Å²) in [6, 6.07) is 20.5. The SMILES string of the molecule is O=C(C(c1ccccc1)c1ccccc1)C1CN2CC3C(=O)N(c4cccc(C(F)(F)F)c4)C(=O)[N+]13C2. The normalized spacial score (nSPS) is 26.7. The second-order valence-electron chi connectivity index (χ2n) is 9.80. The first-order valence-corrected chi connectivity index (χ1v) is 12.0. The van der Waals surface area contributed by atoms with Crippen molar-refractivity contribution in [2.45, 2.75) is 24.2 Å². The van der Waals surface area contributed by atoms with Gasteiger partial charge in [0.15, 0.2) is 12.1 Å². The summed E-state index contributed by atoms with van der Waals surface area (Å²) in [6.45, 7) is 0.767. The molecule has 3 aliphatic rings. The molecule has 2 bridgehead atoms. The number of benzene rings is 3. The number of amides is 3. The van der Waals surface area contributed by atoms with Gasteiger partial charge in [-0.15, -0.1) is 0 Å². The van der Waals surface area contributed by atoms with Crippen molar-refractivity contribution < 1.29 is 32.0 Å². The van der Waals surface area contributed by atoms with E-state index in [2.05, 4.69) is 0 Å². The van der Waals surface area contributed by atoms with Gasteiger partial charge in [-0.25, -0.2) is 14.2 Å². The molecule has 3 fully saturated rings. The molecule has 3 saturated heterocycles. The van der Waals surface area contributed by atoms with E-state index in [1.807, 2.05) is 65.6 Å². The number of carbonyl (C=O) groups is 3. The lowest BCUT2D eigenvalue weighted by Crippen LogP contribution is -2.63. The molecule has 0 saturated carbocycles. The van der Waals surface area contributed by atoms with Gasteiger partial charge >= 0.3 is 12.2 Å². The second-order valence-corrected chi connectivity index (χ2v) is 9.80. The predicted molar refractivity (Wildman–Crippen MR) is 128 cm³/mol. The zero-order valence-electron chi connectivity index (χ0n) is 19.6. The molecule has 6 rings (SSSR count). The van der Waals surface area contributed by atoms with Crippen molar-refractivity contribution in [3.05, 3.63) is 102 Å². The van der Waals surface area contributed by atoms with Crippen molar-refractivity contribution >= 4 is 23.4 Å². The van der Waals surface area contributed by atoms with Gasteiger partial charge in [-0.05, 0) is 29.3 Å². The fraction of sp³-hybridized carbons (Fsp3) is 0.250. The highest BCUT2D eigenvalue weighted by atomic mass is 19.4. The Hall–Kier alpha value is -3.82. The van der Waals surface area contributed by atoms with E-state index in [0.717, 1.165) is 28.2 Å². The van der Waals surface area contributed by atoms with Gasteiger partial charge in [0.25, 0.3) is 5.91 Å². The van der Waals surface area contributed by atoms with E-state index in [4.69, 9.17) is 0 Å². The Morgan fingerprint density at radius 3 is 2.08 bits per heavy atom. The van der Waals surface area contributed by atoms with Crippen LogP contribution in [0.5, 0.6) is 0 Å². The number of ketones is 1. The first-order valence-electron chi connectivity index (χ1n) is 12.0.